The van der Waals surface area contributed by atoms with E-state index < -0.39 is 11.6 Å². The van der Waals surface area contributed by atoms with Crippen LogP contribution in [0.15, 0.2) is 18.2 Å². The van der Waals surface area contributed by atoms with Gasteiger partial charge in [0.15, 0.2) is 0 Å². The average molecular weight is 426 g/mol. The van der Waals surface area contributed by atoms with E-state index in [0.29, 0.717) is 24.7 Å². The van der Waals surface area contributed by atoms with E-state index in [-0.39, 0.29) is 24.7 Å². The van der Waals surface area contributed by atoms with Gasteiger partial charge in [0.25, 0.3) is 0 Å². The molecular weight excluding hydrogens is 394 g/mol. The van der Waals surface area contributed by atoms with Crippen molar-refractivity contribution in [1.29, 1.82) is 0 Å². The van der Waals surface area contributed by atoms with Gasteiger partial charge in [0.05, 0.1) is 12.7 Å². The largest absolute Gasteiger partial charge is 0.464 e. The van der Waals surface area contributed by atoms with Crippen LogP contribution in [0.2, 0.25) is 5.02 Å². The summed E-state index contributed by atoms with van der Waals surface area (Å²) in [6, 6.07) is 5.64. The van der Waals surface area contributed by atoms with Crippen LogP contribution in [0, 0.1) is 12.8 Å². The molecule has 7 heteroatoms. The van der Waals surface area contributed by atoms with Crippen LogP contribution in [0.1, 0.15) is 57.8 Å². The highest BCUT2D eigenvalue weighted by atomic mass is 35.5. The minimum atomic E-state index is -0.548. The number of halogens is 1. The van der Waals surface area contributed by atoms with E-state index in [4.69, 9.17) is 25.8 Å². The summed E-state index contributed by atoms with van der Waals surface area (Å²) in [5.41, 5.74) is 1.41. The molecule has 1 aliphatic rings. The molecule has 29 heavy (non-hydrogen) atoms. The topological polar surface area (TPSA) is 65.1 Å². The van der Waals surface area contributed by atoms with Crippen LogP contribution >= 0.6 is 11.6 Å². The molecule has 0 radical (unpaired) electrons. The molecule has 1 aliphatic heterocycles. The van der Waals surface area contributed by atoms with Gasteiger partial charge in [0.2, 0.25) is 0 Å². The van der Waals surface area contributed by atoms with E-state index in [1.807, 2.05) is 45.9 Å². The SMILES string of the molecule is CCOC(=O)COC(c1cc(Cl)ccc1C)C1CCCN(C(=O)OC(C)(C)C)C1. The second kappa shape index (κ2) is 10.3. The highest BCUT2D eigenvalue weighted by Crippen LogP contribution is 2.36. The van der Waals surface area contributed by atoms with Gasteiger partial charge in [0, 0.05) is 24.0 Å². The van der Waals surface area contributed by atoms with Crippen molar-refractivity contribution in [3.05, 3.63) is 34.3 Å². The number of nitrogens with zero attached hydrogens (tertiary/aromatic N) is 1. The summed E-state index contributed by atoms with van der Waals surface area (Å²) in [7, 11) is 0. The summed E-state index contributed by atoms with van der Waals surface area (Å²) in [6.45, 7) is 10.6. The van der Waals surface area contributed by atoms with Gasteiger partial charge in [0.1, 0.15) is 12.2 Å². The summed E-state index contributed by atoms with van der Waals surface area (Å²) >= 11 is 6.23. The summed E-state index contributed by atoms with van der Waals surface area (Å²) in [4.78, 5) is 26.2. The molecule has 0 N–H and O–H groups in total. The number of amides is 1. The predicted octanol–water partition coefficient (Wildman–Crippen LogP) is 4.92. The highest BCUT2D eigenvalue weighted by molar-refractivity contribution is 6.30. The molecule has 2 atom stereocenters. The standard InChI is InChI=1S/C22H32ClNO5/c1-6-27-19(25)14-28-20(18-12-17(23)10-9-15(18)2)16-8-7-11-24(13-16)21(26)29-22(3,4)5/h9-10,12,16,20H,6-8,11,13-14H2,1-5H3. The fraction of sp³-hybridized carbons (Fsp3) is 0.636. The lowest BCUT2D eigenvalue weighted by Gasteiger charge is -2.38. The van der Waals surface area contributed by atoms with Crippen LogP contribution in [0.25, 0.3) is 0 Å². The molecule has 0 spiro atoms. The van der Waals surface area contributed by atoms with Crippen molar-refractivity contribution in [1.82, 2.24) is 4.90 Å². The number of aryl methyl sites for hydroxylation is 1. The van der Waals surface area contributed by atoms with Crippen molar-refractivity contribution in [2.75, 3.05) is 26.3 Å². The van der Waals surface area contributed by atoms with Crippen LogP contribution in [-0.4, -0.2) is 48.9 Å². The van der Waals surface area contributed by atoms with E-state index in [2.05, 4.69) is 0 Å². The number of piperidine rings is 1. The molecule has 1 heterocycles. The van der Waals surface area contributed by atoms with Crippen molar-refractivity contribution >= 4 is 23.7 Å². The van der Waals surface area contributed by atoms with E-state index in [1.54, 1.807) is 11.8 Å². The third-order valence-electron chi connectivity index (χ3n) is 4.77. The molecular formula is C22H32ClNO5. The predicted molar refractivity (Wildman–Crippen MR) is 112 cm³/mol. The lowest BCUT2D eigenvalue weighted by Crippen LogP contribution is -2.44. The number of rotatable bonds is 6. The molecule has 0 aliphatic carbocycles. The van der Waals surface area contributed by atoms with E-state index >= 15 is 0 Å². The maximum Gasteiger partial charge on any atom is 0.410 e. The van der Waals surface area contributed by atoms with Crippen molar-refractivity contribution in [3.8, 4) is 0 Å². The molecule has 6 nitrogen and oxygen atoms in total. The zero-order chi connectivity index (χ0) is 21.6. The van der Waals surface area contributed by atoms with Crippen molar-refractivity contribution in [3.63, 3.8) is 0 Å². The zero-order valence-electron chi connectivity index (χ0n) is 18.0. The number of hydrogen-bond donors (Lipinski definition) is 0. The first-order chi connectivity index (χ1) is 13.6. The van der Waals surface area contributed by atoms with Gasteiger partial charge in [-0.2, -0.15) is 0 Å². The maximum atomic E-state index is 12.6. The maximum absolute atomic E-state index is 12.6. The number of hydrogen-bond acceptors (Lipinski definition) is 5. The Kier molecular flexibility index (Phi) is 8.34. The van der Waals surface area contributed by atoms with E-state index in [1.165, 1.54) is 0 Å². The summed E-state index contributed by atoms with van der Waals surface area (Å²) in [5.74, 6) is -0.389. The van der Waals surface area contributed by atoms with Gasteiger partial charge >= 0.3 is 12.1 Å². The van der Waals surface area contributed by atoms with Crippen molar-refractivity contribution in [2.45, 2.75) is 59.2 Å². The third kappa shape index (κ3) is 7.19. The normalized spacial score (nSPS) is 18.3. The van der Waals surface area contributed by atoms with Gasteiger partial charge in [-0.25, -0.2) is 9.59 Å². The Morgan fingerprint density at radius 1 is 1.31 bits per heavy atom. The Labute approximate surface area is 178 Å². The highest BCUT2D eigenvalue weighted by Gasteiger charge is 2.34. The lowest BCUT2D eigenvalue weighted by molar-refractivity contribution is -0.152. The number of carbonyl (C=O) groups is 2. The molecule has 162 valence electrons. The van der Waals surface area contributed by atoms with Gasteiger partial charge in [-0.05, 0) is 70.7 Å². The van der Waals surface area contributed by atoms with Gasteiger partial charge in [-0.15, -0.1) is 0 Å². The molecule has 2 unspecified atom stereocenters. The fourth-order valence-electron chi connectivity index (χ4n) is 3.51. The Morgan fingerprint density at radius 2 is 2.03 bits per heavy atom. The van der Waals surface area contributed by atoms with Crippen LogP contribution in [0.4, 0.5) is 4.79 Å². The molecule has 1 amide bonds. The fourth-order valence-corrected chi connectivity index (χ4v) is 3.69. The minimum Gasteiger partial charge on any atom is -0.464 e. The number of esters is 1. The van der Waals surface area contributed by atoms with Crippen LogP contribution in [0.3, 0.4) is 0 Å². The van der Waals surface area contributed by atoms with E-state index in [0.717, 1.165) is 24.0 Å². The molecule has 0 bridgehead atoms. The van der Waals surface area contributed by atoms with Gasteiger partial charge < -0.3 is 19.1 Å². The van der Waals surface area contributed by atoms with Crippen molar-refractivity contribution < 1.29 is 23.8 Å². The first-order valence-electron chi connectivity index (χ1n) is 10.1. The Morgan fingerprint density at radius 3 is 2.69 bits per heavy atom. The number of ether oxygens (including phenoxy) is 3. The Hall–Kier alpha value is -1.79. The van der Waals surface area contributed by atoms with Gasteiger partial charge in [-0.3, -0.25) is 0 Å². The average Bonchev–Trinajstić information content (AvgIpc) is 2.64. The molecule has 1 saturated heterocycles. The van der Waals surface area contributed by atoms with E-state index in [9.17, 15) is 9.59 Å². The molecule has 0 aromatic heterocycles. The summed E-state index contributed by atoms with van der Waals surface area (Å²) < 4.78 is 16.6. The Balaban J connectivity index is 2.21. The second-order valence-corrected chi connectivity index (χ2v) is 8.80. The first-order valence-corrected chi connectivity index (χ1v) is 10.5. The monoisotopic (exact) mass is 425 g/mol. The second-order valence-electron chi connectivity index (χ2n) is 8.37. The molecule has 0 saturated carbocycles. The summed E-state index contributed by atoms with van der Waals surface area (Å²) in [6.07, 6.45) is 1.01. The molecule has 1 fully saturated rings. The third-order valence-corrected chi connectivity index (χ3v) is 5.01. The summed E-state index contributed by atoms with van der Waals surface area (Å²) in [5, 5.41) is 0.607. The van der Waals surface area contributed by atoms with Crippen LogP contribution < -0.4 is 0 Å². The molecule has 1 aromatic carbocycles. The molecule has 2 rings (SSSR count). The zero-order valence-corrected chi connectivity index (χ0v) is 18.8. The number of likely N-dealkylation sites (tertiary alicyclic amines) is 1. The number of carbonyl (C=O) groups excluding carboxylic acids is 2. The van der Waals surface area contributed by atoms with Gasteiger partial charge in [-0.1, -0.05) is 17.7 Å². The van der Waals surface area contributed by atoms with Crippen LogP contribution in [-0.2, 0) is 19.0 Å². The lowest BCUT2D eigenvalue weighted by atomic mass is 9.86. The molecule has 1 aromatic rings. The smallest absolute Gasteiger partial charge is 0.410 e. The number of benzene rings is 1. The first kappa shape index (κ1) is 23.5. The minimum absolute atomic E-state index is 0.0165. The van der Waals surface area contributed by atoms with Crippen LogP contribution in [0.5, 0.6) is 0 Å². The quantitative estimate of drug-likeness (QED) is 0.605. The van der Waals surface area contributed by atoms with Crippen molar-refractivity contribution in [2.24, 2.45) is 5.92 Å². The Bertz CT molecular complexity index is 716.